The summed E-state index contributed by atoms with van der Waals surface area (Å²) in [5, 5.41) is 18.6. The fourth-order valence-electron chi connectivity index (χ4n) is 4.90. The third-order valence-electron chi connectivity index (χ3n) is 7.27. The van der Waals surface area contributed by atoms with Gasteiger partial charge in [0, 0.05) is 28.5 Å². The first kappa shape index (κ1) is 29.4. The van der Waals surface area contributed by atoms with Crippen LogP contribution in [0.2, 0.25) is 0 Å². The van der Waals surface area contributed by atoms with Crippen LogP contribution in [-0.4, -0.2) is 32.1 Å². The quantitative estimate of drug-likeness (QED) is 0.198. The molecule has 2 heterocycles. The molecule has 0 radical (unpaired) electrons. The SMILES string of the molecule is OB(O)c1ccc(-c2nc(-c3ccccc3)cc(-c3ccccc3)n2)cc1.c1ccc(-c2ccnc(-c3ccccc3)c2)cc1. The molecule has 0 aliphatic heterocycles. The van der Waals surface area contributed by atoms with Gasteiger partial charge in [0.15, 0.2) is 5.82 Å². The maximum absolute atomic E-state index is 9.30. The number of hydrogen-bond acceptors (Lipinski definition) is 5. The van der Waals surface area contributed by atoms with E-state index in [2.05, 4.69) is 47.4 Å². The maximum atomic E-state index is 9.30. The van der Waals surface area contributed by atoms with Gasteiger partial charge in [0.25, 0.3) is 0 Å². The van der Waals surface area contributed by atoms with Crippen molar-refractivity contribution in [2.24, 2.45) is 0 Å². The number of rotatable bonds is 6. The maximum Gasteiger partial charge on any atom is 0.488 e. The summed E-state index contributed by atoms with van der Waals surface area (Å²) in [6.07, 6.45) is 1.87. The first-order valence-corrected chi connectivity index (χ1v) is 14.7. The van der Waals surface area contributed by atoms with Crippen molar-refractivity contribution in [1.29, 1.82) is 0 Å². The number of pyridine rings is 1. The van der Waals surface area contributed by atoms with Crippen LogP contribution in [0.4, 0.5) is 0 Å². The predicted molar refractivity (Wildman–Crippen MR) is 183 cm³/mol. The van der Waals surface area contributed by atoms with E-state index in [0.717, 1.165) is 39.3 Å². The van der Waals surface area contributed by atoms with E-state index in [1.807, 2.05) is 103 Å². The third kappa shape index (κ3) is 7.46. The Morgan fingerprint density at radius 3 is 1.29 bits per heavy atom. The Labute approximate surface area is 263 Å². The smallest absolute Gasteiger partial charge is 0.423 e. The largest absolute Gasteiger partial charge is 0.488 e. The molecule has 0 spiro atoms. The van der Waals surface area contributed by atoms with Crippen molar-refractivity contribution in [2.45, 2.75) is 0 Å². The van der Waals surface area contributed by atoms with Crippen LogP contribution in [-0.2, 0) is 0 Å². The van der Waals surface area contributed by atoms with Crippen LogP contribution in [0.15, 0.2) is 170 Å². The highest BCUT2D eigenvalue weighted by atomic mass is 16.4. The average Bonchev–Trinajstić information content (AvgIpc) is 3.13. The number of aromatic nitrogens is 3. The highest BCUT2D eigenvalue weighted by Crippen LogP contribution is 2.27. The van der Waals surface area contributed by atoms with Gasteiger partial charge in [-0.15, -0.1) is 0 Å². The topological polar surface area (TPSA) is 79.1 Å². The summed E-state index contributed by atoms with van der Waals surface area (Å²) < 4.78 is 0. The molecule has 0 unspecified atom stereocenters. The fourth-order valence-corrected chi connectivity index (χ4v) is 4.90. The van der Waals surface area contributed by atoms with Crippen LogP contribution in [0, 0.1) is 0 Å². The number of benzene rings is 5. The van der Waals surface area contributed by atoms with Gasteiger partial charge in [-0.05, 0) is 34.8 Å². The Morgan fingerprint density at radius 2 is 0.822 bits per heavy atom. The van der Waals surface area contributed by atoms with Crippen molar-refractivity contribution >= 4 is 12.6 Å². The first-order valence-electron chi connectivity index (χ1n) is 14.7. The second-order valence-corrected chi connectivity index (χ2v) is 10.4. The third-order valence-corrected chi connectivity index (χ3v) is 7.27. The molecule has 45 heavy (non-hydrogen) atoms. The van der Waals surface area contributed by atoms with E-state index >= 15 is 0 Å². The number of hydrogen-bond donors (Lipinski definition) is 2. The zero-order valence-corrected chi connectivity index (χ0v) is 24.5. The number of nitrogens with zero attached hydrogens (tertiary/aromatic N) is 3. The van der Waals surface area contributed by atoms with Gasteiger partial charge < -0.3 is 10.0 Å². The molecule has 5 aromatic carbocycles. The molecule has 5 nitrogen and oxygen atoms in total. The zero-order valence-electron chi connectivity index (χ0n) is 24.5. The van der Waals surface area contributed by atoms with Crippen molar-refractivity contribution in [3.05, 3.63) is 170 Å². The van der Waals surface area contributed by atoms with Crippen LogP contribution in [0.3, 0.4) is 0 Å². The van der Waals surface area contributed by atoms with Gasteiger partial charge in [0.2, 0.25) is 0 Å². The summed E-state index contributed by atoms with van der Waals surface area (Å²) in [6.45, 7) is 0. The molecule has 2 N–H and O–H groups in total. The van der Waals surface area contributed by atoms with E-state index in [-0.39, 0.29) is 0 Å². The van der Waals surface area contributed by atoms with Crippen LogP contribution in [0.25, 0.3) is 56.3 Å². The van der Waals surface area contributed by atoms with Crippen molar-refractivity contribution in [1.82, 2.24) is 15.0 Å². The second kappa shape index (κ2) is 14.2. The van der Waals surface area contributed by atoms with Gasteiger partial charge in [0.1, 0.15) is 0 Å². The second-order valence-electron chi connectivity index (χ2n) is 10.4. The molecule has 7 aromatic rings. The lowest BCUT2D eigenvalue weighted by atomic mass is 9.80. The minimum atomic E-state index is -1.49. The van der Waals surface area contributed by atoms with E-state index in [0.29, 0.717) is 11.3 Å². The highest BCUT2D eigenvalue weighted by molar-refractivity contribution is 6.58. The highest BCUT2D eigenvalue weighted by Gasteiger charge is 2.13. The standard InChI is InChI=1S/C22H17BN2O2.C17H13N/c26-23(27)19-13-11-18(12-14-19)22-24-20(16-7-3-1-4-8-16)15-21(25-22)17-9-5-2-6-10-17;1-3-7-14(8-4-1)16-11-12-18-17(13-16)15-9-5-2-6-10-15/h1-15,26-27H;1-13H. The minimum Gasteiger partial charge on any atom is -0.423 e. The summed E-state index contributed by atoms with van der Waals surface area (Å²) in [6, 6.07) is 53.7. The Hall–Kier alpha value is -5.69. The molecule has 0 saturated carbocycles. The molecule has 216 valence electrons. The summed E-state index contributed by atoms with van der Waals surface area (Å²) in [5.41, 5.74) is 9.53. The normalized spacial score (nSPS) is 10.4. The van der Waals surface area contributed by atoms with E-state index in [9.17, 15) is 10.0 Å². The van der Waals surface area contributed by atoms with E-state index in [1.165, 1.54) is 11.1 Å². The molecule has 0 saturated heterocycles. The van der Waals surface area contributed by atoms with Crippen LogP contribution < -0.4 is 5.46 Å². The molecule has 0 atom stereocenters. The van der Waals surface area contributed by atoms with Gasteiger partial charge in [-0.3, -0.25) is 4.98 Å². The Kier molecular flexibility index (Phi) is 9.27. The zero-order chi connectivity index (χ0) is 30.8. The summed E-state index contributed by atoms with van der Waals surface area (Å²) in [4.78, 5) is 13.9. The average molecular weight is 584 g/mol. The van der Waals surface area contributed by atoms with Crippen molar-refractivity contribution in [3.63, 3.8) is 0 Å². The van der Waals surface area contributed by atoms with E-state index in [4.69, 9.17) is 9.97 Å². The molecular formula is C39H30BN3O2. The molecule has 0 bridgehead atoms. The summed E-state index contributed by atoms with van der Waals surface area (Å²) >= 11 is 0. The van der Waals surface area contributed by atoms with E-state index in [1.54, 1.807) is 24.3 Å². The van der Waals surface area contributed by atoms with Gasteiger partial charge in [-0.2, -0.15) is 0 Å². The van der Waals surface area contributed by atoms with Crippen molar-refractivity contribution < 1.29 is 10.0 Å². The Bertz CT molecular complexity index is 1840. The first-order chi connectivity index (χ1) is 22.1. The molecule has 0 fully saturated rings. The van der Waals surface area contributed by atoms with Crippen molar-refractivity contribution in [2.75, 3.05) is 0 Å². The Balaban J connectivity index is 0.000000172. The fraction of sp³-hybridized carbons (Fsp3) is 0. The minimum absolute atomic E-state index is 0.432. The lowest BCUT2D eigenvalue weighted by molar-refractivity contribution is 0.426. The van der Waals surface area contributed by atoms with Crippen molar-refractivity contribution in [3.8, 4) is 56.3 Å². The lowest BCUT2D eigenvalue weighted by Gasteiger charge is -2.09. The molecular weight excluding hydrogens is 553 g/mol. The van der Waals surface area contributed by atoms with Crippen LogP contribution in [0.5, 0.6) is 0 Å². The lowest BCUT2D eigenvalue weighted by Crippen LogP contribution is -2.29. The Morgan fingerprint density at radius 1 is 0.378 bits per heavy atom. The van der Waals surface area contributed by atoms with Crippen LogP contribution in [0.1, 0.15) is 0 Å². The predicted octanol–water partition coefficient (Wildman–Crippen LogP) is 7.57. The van der Waals surface area contributed by atoms with E-state index < -0.39 is 7.12 Å². The monoisotopic (exact) mass is 583 g/mol. The van der Waals surface area contributed by atoms with Gasteiger partial charge in [-0.1, -0.05) is 146 Å². The summed E-state index contributed by atoms with van der Waals surface area (Å²) in [7, 11) is -1.49. The molecule has 6 heteroatoms. The molecule has 2 aromatic heterocycles. The van der Waals surface area contributed by atoms with Gasteiger partial charge >= 0.3 is 7.12 Å². The van der Waals surface area contributed by atoms with Crippen LogP contribution >= 0.6 is 0 Å². The summed E-state index contributed by atoms with van der Waals surface area (Å²) in [5.74, 6) is 0.592. The molecule has 0 aliphatic rings. The molecule has 0 aliphatic carbocycles. The van der Waals surface area contributed by atoms with Gasteiger partial charge in [-0.25, -0.2) is 9.97 Å². The van der Waals surface area contributed by atoms with Gasteiger partial charge in [0.05, 0.1) is 17.1 Å². The molecule has 0 amide bonds. The molecule has 7 rings (SSSR count).